The maximum atomic E-state index is 12.2. The van der Waals surface area contributed by atoms with E-state index in [1.165, 1.54) is 13.0 Å². The Morgan fingerprint density at radius 3 is 2.43 bits per heavy atom. The summed E-state index contributed by atoms with van der Waals surface area (Å²) < 4.78 is 63.3. The molecule has 0 aromatic heterocycles. The van der Waals surface area contributed by atoms with Gasteiger partial charge in [-0.3, -0.25) is 0 Å². The number of benzene rings is 1. The first kappa shape index (κ1) is 18.4. The van der Waals surface area contributed by atoms with Crippen LogP contribution in [0.15, 0.2) is 27.6 Å². The Kier molecular flexibility index (Phi) is 6.21. The zero-order valence-electron chi connectivity index (χ0n) is 11.5. The van der Waals surface area contributed by atoms with Crippen LogP contribution in [-0.2, 0) is 16.6 Å². The van der Waals surface area contributed by atoms with Crippen molar-refractivity contribution < 1.29 is 21.6 Å². The smallest absolute Gasteiger partial charge is 0.316 e. The average molecular weight is 389 g/mol. The van der Waals surface area contributed by atoms with Gasteiger partial charge in [0.1, 0.15) is 0 Å². The standard InChI is InChI=1S/C12H16BrF3N2O2S/c1-8(6-12(14,15)16)18-21(19,20)11-4-3-9(7-17-2)5-10(11)13/h3-5,8,17-18H,6-7H2,1-2H3. The minimum Gasteiger partial charge on any atom is -0.316 e. The third-order valence-electron chi connectivity index (χ3n) is 2.56. The van der Waals surface area contributed by atoms with Crippen LogP contribution in [0.2, 0.25) is 0 Å². The topological polar surface area (TPSA) is 58.2 Å². The number of alkyl halides is 3. The first-order valence-corrected chi connectivity index (χ1v) is 8.35. The van der Waals surface area contributed by atoms with E-state index in [1.807, 2.05) is 4.72 Å². The van der Waals surface area contributed by atoms with Gasteiger partial charge in [0.05, 0.1) is 11.3 Å². The molecular weight excluding hydrogens is 373 g/mol. The lowest BCUT2D eigenvalue weighted by Crippen LogP contribution is -2.36. The van der Waals surface area contributed by atoms with Crippen molar-refractivity contribution in [1.29, 1.82) is 0 Å². The van der Waals surface area contributed by atoms with Crippen LogP contribution < -0.4 is 10.0 Å². The van der Waals surface area contributed by atoms with Crippen molar-refractivity contribution in [2.75, 3.05) is 7.05 Å². The van der Waals surface area contributed by atoms with Gasteiger partial charge in [-0.25, -0.2) is 13.1 Å². The minimum absolute atomic E-state index is 0.0867. The Morgan fingerprint density at radius 1 is 1.33 bits per heavy atom. The van der Waals surface area contributed by atoms with Gasteiger partial charge in [-0.1, -0.05) is 6.07 Å². The first-order chi connectivity index (χ1) is 9.55. The predicted octanol–water partition coefficient (Wildman–Crippen LogP) is 2.79. The first-order valence-electron chi connectivity index (χ1n) is 6.07. The van der Waals surface area contributed by atoms with E-state index in [0.29, 0.717) is 11.0 Å². The molecule has 21 heavy (non-hydrogen) atoms. The van der Waals surface area contributed by atoms with Gasteiger partial charge in [0.25, 0.3) is 0 Å². The van der Waals surface area contributed by atoms with Gasteiger partial charge in [-0.05, 0) is 47.6 Å². The zero-order chi connectivity index (χ0) is 16.3. The monoisotopic (exact) mass is 388 g/mol. The van der Waals surface area contributed by atoms with E-state index in [4.69, 9.17) is 0 Å². The van der Waals surface area contributed by atoms with Gasteiger partial charge in [-0.2, -0.15) is 13.2 Å². The lowest BCUT2D eigenvalue weighted by atomic mass is 10.2. The van der Waals surface area contributed by atoms with E-state index in [0.717, 1.165) is 5.56 Å². The Balaban J connectivity index is 2.93. The highest BCUT2D eigenvalue weighted by Gasteiger charge is 2.32. The van der Waals surface area contributed by atoms with E-state index < -0.39 is 28.7 Å². The fourth-order valence-corrected chi connectivity index (χ4v) is 4.16. The zero-order valence-corrected chi connectivity index (χ0v) is 13.9. The average Bonchev–Trinajstić information content (AvgIpc) is 2.25. The lowest BCUT2D eigenvalue weighted by molar-refractivity contribution is -0.137. The van der Waals surface area contributed by atoms with Crippen LogP contribution in [0, 0.1) is 0 Å². The lowest BCUT2D eigenvalue weighted by Gasteiger charge is -2.17. The summed E-state index contributed by atoms with van der Waals surface area (Å²) in [7, 11) is -2.26. The second-order valence-corrected chi connectivity index (χ2v) is 7.17. The predicted molar refractivity (Wildman–Crippen MR) is 77.4 cm³/mol. The fourth-order valence-electron chi connectivity index (χ4n) is 1.79. The Morgan fingerprint density at radius 2 is 1.95 bits per heavy atom. The molecule has 0 fully saturated rings. The van der Waals surface area contributed by atoms with Gasteiger partial charge in [-0.15, -0.1) is 0 Å². The summed E-state index contributed by atoms with van der Waals surface area (Å²) in [5, 5.41) is 2.92. The molecule has 1 aromatic rings. The molecule has 1 unspecified atom stereocenters. The molecule has 0 amide bonds. The van der Waals surface area contributed by atoms with Crippen molar-refractivity contribution >= 4 is 26.0 Å². The summed E-state index contributed by atoms with van der Waals surface area (Å²) in [5.74, 6) is 0. The quantitative estimate of drug-likeness (QED) is 0.787. The highest BCUT2D eigenvalue weighted by molar-refractivity contribution is 9.10. The van der Waals surface area contributed by atoms with Crippen molar-refractivity contribution in [3.8, 4) is 0 Å². The van der Waals surface area contributed by atoms with Crippen LogP contribution in [-0.4, -0.2) is 27.7 Å². The number of hydrogen-bond acceptors (Lipinski definition) is 3. The number of sulfonamides is 1. The molecule has 0 saturated carbocycles. The van der Waals surface area contributed by atoms with Gasteiger partial charge in [0, 0.05) is 17.1 Å². The van der Waals surface area contributed by atoms with E-state index in [9.17, 15) is 21.6 Å². The second kappa shape index (κ2) is 7.08. The summed E-state index contributed by atoms with van der Waals surface area (Å²) in [5.41, 5.74) is 0.853. The molecule has 120 valence electrons. The number of hydrogen-bond donors (Lipinski definition) is 2. The van der Waals surface area contributed by atoms with E-state index >= 15 is 0 Å². The van der Waals surface area contributed by atoms with Gasteiger partial charge in [0.15, 0.2) is 0 Å². The van der Waals surface area contributed by atoms with Crippen LogP contribution in [0.5, 0.6) is 0 Å². The number of rotatable bonds is 6. The number of halogens is 4. The SMILES string of the molecule is CNCc1ccc(S(=O)(=O)NC(C)CC(F)(F)F)c(Br)c1. The van der Waals surface area contributed by atoms with E-state index in [1.54, 1.807) is 19.2 Å². The van der Waals surface area contributed by atoms with Crippen molar-refractivity contribution in [3.05, 3.63) is 28.2 Å². The molecule has 1 rings (SSSR count). The molecule has 1 atom stereocenters. The summed E-state index contributed by atoms with van der Waals surface area (Å²) >= 11 is 3.14. The minimum atomic E-state index is -4.42. The summed E-state index contributed by atoms with van der Waals surface area (Å²) in [6.45, 7) is 1.73. The maximum absolute atomic E-state index is 12.2. The summed E-state index contributed by atoms with van der Waals surface area (Å²) in [6, 6.07) is 3.34. The Hall–Kier alpha value is -0.640. The molecule has 0 aliphatic heterocycles. The largest absolute Gasteiger partial charge is 0.390 e. The van der Waals surface area contributed by atoms with Crippen molar-refractivity contribution in [2.24, 2.45) is 0 Å². The molecule has 0 aliphatic carbocycles. The molecule has 0 heterocycles. The maximum Gasteiger partial charge on any atom is 0.390 e. The molecule has 1 aromatic carbocycles. The molecule has 9 heteroatoms. The Bertz CT molecular complexity index is 591. The van der Waals surface area contributed by atoms with Gasteiger partial charge < -0.3 is 5.32 Å². The highest BCUT2D eigenvalue weighted by atomic mass is 79.9. The van der Waals surface area contributed by atoms with Crippen LogP contribution in [0.25, 0.3) is 0 Å². The normalized spacial score (nSPS) is 14.2. The molecule has 0 saturated heterocycles. The van der Waals surface area contributed by atoms with Crippen LogP contribution in [0.1, 0.15) is 18.9 Å². The highest BCUT2D eigenvalue weighted by Crippen LogP contribution is 2.25. The van der Waals surface area contributed by atoms with Gasteiger partial charge in [0.2, 0.25) is 10.0 Å². The third-order valence-corrected chi connectivity index (χ3v) is 5.13. The third kappa shape index (κ3) is 5.93. The van der Waals surface area contributed by atoms with Crippen LogP contribution >= 0.6 is 15.9 Å². The van der Waals surface area contributed by atoms with Crippen LogP contribution in [0.3, 0.4) is 0 Å². The molecular formula is C12H16BrF3N2O2S. The van der Waals surface area contributed by atoms with Gasteiger partial charge >= 0.3 is 6.18 Å². The molecule has 4 nitrogen and oxygen atoms in total. The van der Waals surface area contributed by atoms with Crippen molar-refractivity contribution in [1.82, 2.24) is 10.0 Å². The molecule has 0 aliphatic rings. The van der Waals surface area contributed by atoms with Crippen LogP contribution in [0.4, 0.5) is 13.2 Å². The Labute approximate surface area is 130 Å². The second-order valence-electron chi connectivity index (χ2n) is 4.64. The van der Waals surface area contributed by atoms with Crippen molar-refractivity contribution in [3.63, 3.8) is 0 Å². The molecule has 0 radical (unpaired) electrons. The molecule has 0 spiro atoms. The fraction of sp³-hybridized carbons (Fsp3) is 0.500. The van der Waals surface area contributed by atoms with Crippen molar-refractivity contribution in [2.45, 2.75) is 37.0 Å². The van der Waals surface area contributed by atoms with E-state index in [2.05, 4.69) is 21.2 Å². The molecule has 2 N–H and O–H groups in total. The molecule has 0 bridgehead atoms. The summed E-state index contributed by atoms with van der Waals surface area (Å²) in [4.78, 5) is -0.0867. The summed E-state index contributed by atoms with van der Waals surface area (Å²) in [6.07, 6.45) is -5.64. The van der Waals surface area contributed by atoms with E-state index in [-0.39, 0.29) is 4.90 Å². The number of nitrogens with one attached hydrogen (secondary N) is 2.